The van der Waals surface area contributed by atoms with Gasteiger partial charge in [-0.05, 0) is 37.1 Å². The van der Waals surface area contributed by atoms with Gasteiger partial charge in [-0.2, -0.15) is 0 Å². The number of hydrogen-bond donors (Lipinski definition) is 1. The monoisotopic (exact) mass is 207 g/mol. The number of benzene rings is 1. The Kier molecular flexibility index (Phi) is 2.27. The van der Waals surface area contributed by atoms with Crippen LogP contribution in [0.25, 0.3) is 0 Å². The quantitative estimate of drug-likeness (QED) is 0.647. The molecule has 3 heteroatoms. The lowest BCUT2D eigenvalue weighted by atomic mass is 10.1. The highest BCUT2D eigenvalue weighted by Crippen LogP contribution is 2.33. The van der Waals surface area contributed by atoms with Crippen molar-refractivity contribution in [3.63, 3.8) is 0 Å². The Labute approximate surface area is 89.3 Å². The van der Waals surface area contributed by atoms with E-state index in [2.05, 4.69) is 19.6 Å². The lowest BCUT2D eigenvalue weighted by Gasteiger charge is -2.20. The minimum Gasteiger partial charge on any atom is -0.309 e. The molecular formula is C11H13NOS. The van der Waals surface area contributed by atoms with E-state index in [0.29, 0.717) is 0 Å². The lowest BCUT2D eigenvalue weighted by molar-refractivity contribution is -0.116. The zero-order valence-corrected chi connectivity index (χ0v) is 9.21. The fourth-order valence-electron chi connectivity index (χ4n) is 2.10. The summed E-state index contributed by atoms with van der Waals surface area (Å²) in [4.78, 5) is 14.2. The second kappa shape index (κ2) is 3.31. The number of carbonyl (C=O) groups is 1. The maximum Gasteiger partial charge on any atom is 0.224 e. The first-order valence-electron chi connectivity index (χ1n) is 4.71. The van der Waals surface area contributed by atoms with Crippen LogP contribution in [0.4, 0.5) is 5.69 Å². The molecule has 1 aliphatic heterocycles. The Hall–Kier alpha value is -0.960. The Bertz CT molecular complexity index is 389. The van der Waals surface area contributed by atoms with Gasteiger partial charge in [0.1, 0.15) is 0 Å². The highest BCUT2D eigenvalue weighted by Gasteiger charge is 2.28. The van der Waals surface area contributed by atoms with E-state index < -0.39 is 0 Å². The average molecular weight is 207 g/mol. The number of carbonyl (C=O) groups excluding carboxylic acids is 1. The van der Waals surface area contributed by atoms with Crippen molar-refractivity contribution in [3.05, 3.63) is 23.8 Å². The van der Waals surface area contributed by atoms with Crippen LogP contribution in [0, 0.1) is 0 Å². The normalized spacial score (nSPS) is 19.6. The second-order valence-electron chi connectivity index (χ2n) is 3.76. The minimum absolute atomic E-state index is 0.114. The van der Waals surface area contributed by atoms with E-state index in [-0.39, 0.29) is 11.9 Å². The summed E-state index contributed by atoms with van der Waals surface area (Å²) in [6.07, 6.45) is 0.934. The summed E-state index contributed by atoms with van der Waals surface area (Å²) >= 11 is 4.29. The molecule has 0 radical (unpaired) electrons. The van der Waals surface area contributed by atoms with Gasteiger partial charge < -0.3 is 4.90 Å². The molecule has 14 heavy (non-hydrogen) atoms. The molecule has 1 aromatic carbocycles. The first kappa shape index (κ1) is 9.59. The molecule has 1 amide bonds. The summed E-state index contributed by atoms with van der Waals surface area (Å²) in [6.45, 7) is 3.68. The van der Waals surface area contributed by atoms with Gasteiger partial charge in [0.15, 0.2) is 0 Å². The van der Waals surface area contributed by atoms with Gasteiger partial charge in [-0.15, -0.1) is 12.6 Å². The van der Waals surface area contributed by atoms with Crippen molar-refractivity contribution in [2.45, 2.75) is 31.2 Å². The molecule has 1 unspecified atom stereocenters. The van der Waals surface area contributed by atoms with Crippen LogP contribution < -0.4 is 4.90 Å². The number of anilines is 1. The largest absolute Gasteiger partial charge is 0.309 e. The fraction of sp³-hybridized carbons (Fsp3) is 0.364. The molecular weight excluding hydrogens is 194 g/mol. The average Bonchev–Trinajstić information content (AvgIpc) is 2.39. The van der Waals surface area contributed by atoms with Gasteiger partial charge >= 0.3 is 0 Å². The molecule has 74 valence electrons. The van der Waals surface area contributed by atoms with E-state index in [0.717, 1.165) is 17.0 Å². The van der Waals surface area contributed by atoms with Crippen LogP contribution in [0.1, 0.15) is 19.4 Å². The van der Waals surface area contributed by atoms with Crippen molar-refractivity contribution in [2.75, 3.05) is 4.90 Å². The molecule has 1 atom stereocenters. The van der Waals surface area contributed by atoms with Crippen LogP contribution in [0.3, 0.4) is 0 Å². The van der Waals surface area contributed by atoms with Gasteiger partial charge in [-0.25, -0.2) is 0 Å². The highest BCUT2D eigenvalue weighted by molar-refractivity contribution is 7.80. The van der Waals surface area contributed by atoms with Crippen molar-refractivity contribution >= 4 is 24.2 Å². The van der Waals surface area contributed by atoms with Crippen molar-refractivity contribution in [3.8, 4) is 0 Å². The number of hydrogen-bond acceptors (Lipinski definition) is 2. The SMILES string of the molecule is CC(=O)N1c2ccc(S)cc2CC1C. The van der Waals surface area contributed by atoms with E-state index in [1.807, 2.05) is 23.1 Å². The third kappa shape index (κ3) is 1.42. The Morgan fingerprint density at radius 3 is 2.93 bits per heavy atom. The van der Waals surface area contributed by atoms with Crippen molar-refractivity contribution in [1.29, 1.82) is 0 Å². The molecule has 0 spiro atoms. The predicted molar refractivity (Wildman–Crippen MR) is 60.0 cm³/mol. The number of rotatable bonds is 0. The highest BCUT2D eigenvalue weighted by atomic mass is 32.1. The van der Waals surface area contributed by atoms with Crippen LogP contribution in [0.2, 0.25) is 0 Å². The third-order valence-electron chi connectivity index (χ3n) is 2.62. The van der Waals surface area contributed by atoms with Crippen LogP contribution in [0.15, 0.2) is 23.1 Å². The summed E-state index contributed by atoms with van der Waals surface area (Å²) < 4.78 is 0. The molecule has 1 aliphatic rings. The van der Waals surface area contributed by atoms with E-state index in [1.165, 1.54) is 5.56 Å². The summed E-state index contributed by atoms with van der Waals surface area (Å²) in [5.41, 5.74) is 2.27. The van der Waals surface area contributed by atoms with Gasteiger partial charge in [0.2, 0.25) is 5.91 Å². The smallest absolute Gasteiger partial charge is 0.224 e. The Morgan fingerprint density at radius 1 is 1.57 bits per heavy atom. The molecule has 0 bridgehead atoms. The lowest BCUT2D eigenvalue weighted by Crippen LogP contribution is -2.33. The predicted octanol–water partition coefficient (Wildman–Crippen LogP) is 2.27. The summed E-state index contributed by atoms with van der Waals surface area (Å²) in [5.74, 6) is 0.114. The zero-order valence-electron chi connectivity index (χ0n) is 8.32. The van der Waals surface area contributed by atoms with Crippen LogP contribution >= 0.6 is 12.6 Å². The van der Waals surface area contributed by atoms with Crippen molar-refractivity contribution in [2.24, 2.45) is 0 Å². The summed E-state index contributed by atoms with van der Waals surface area (Å²) in [7, 11) is 0. The first-order chi connectivity index (χ1) is 6.59. The van der Waals surface area contributed by atoms with Crippen LogP contribution in [-0.2, 0) is 11.2 Å². The molecule has 1 heterocycles. The maximum absolute atomic E-state index is 11.4. The molecule has 0 N–H and O–H groups in total. The van der Waals surface area contributed by atoms with E-state index in [4.69, 9.17) is 0 Å². The van der Waals surface area contributed by atoms with Crippen LogP contribution in [0.5, 0.6) is 0 Å². The number of nitrogens with zero attached hydrogens (tertiary/aromatic N) is 1. The summed E-state index contributed by atoms with van der Waals surface area (Å²) in [6, 6.07) is 6.22. The van der Waals surface area contributed by atoms with Gasteiger partial charge in [-0.3, -0.25) is 4.79 Å². The number of fused-ring (bicyclic) bond motifs is 1. The van der Waals surface area contributed by atoms with Gasteiger partial charge in [0.25, 0.3) is 0 Å². The zero-order chi connectivity index (χ0) is 10.3. The fourth-order valence-corrected chi connectivity index (χ4v) is 2.33. The topological polar surface area (TPSA) is 20.3 Å². The van der Waals surface area contributed by atoms with Gasteiger partial charge in [0, 0.05) is 23.5 Å². The molecule has 0 saturated carbocycles. The summed E-state index contributed by atoms with van der Waals surface area (Å²) in [5, 5.41) is 0. The van der Waals surface area contributed by atoms with Crippen LogP contribution in [-0.4, -0.2) is 11.9 Å². The van der Waals surface area contributed by atoms with E-state index in [9.17, 15) is 4.79 Å². The molecule has 0 saturated heterocycles. The van der Waals surface area contributed by atoms with Gasteiger partial charge in [0.05, 0.1) is 0 Å². The Balaban J connectivity index is 2.48. The number of amides is 1. The standard InChI is InChI=1S/C11H13NOS/c1-7-5-9-6-10(14)3-4-11(9)12(7)8(2)13/h3-4,6-7,14H,5H2,1-2H3. The van der Waals surface area contributed by atoms with Crippen molar-refractivity contribution < 1.29 is 4.79 Å². The van der Waals surface area contributed by atoms with Crippen molar-refractivity contribution in [1.82, 2.24) is 0 Å². The molecule has 2 rings (SSSR count). The molecule has 0 fully saturated rings. The Morgan fingerprint density at radius 2 is 2.29 bits per heavy atom. The van der Waals surface area contributed by atoms with Gasteiger partial charge in [-0.1, -0.05) is 0 Å². The third-order valence-corrected chi connectivity index (χ3v) is 2.90. The van der Waals surface area contributed by atoms with E-state index >= 15 is 0 Å². The molecule has 0 aromatic heterocycles. The first-order valence-corrected chi connectivity index (χ1v) is 5.16. The maximum atomic E-state index is 11.4. The molecule has 0 aliphatic carbocycles. The minimum atomic E-state index is 0.114. The van der Waals surface area contributed by atoms with E-state index in [1.54, 1.807) is 6.92 Å². The molecule has 2 nitrogen and oxygen atoms in total. The molecule has 1 aromatic rings. The second-order valence-corrected chi connectivity index (χ2v) is 4.27. The number of thiol groups is 1.